The van der Waals surface area contributed by atoms with Gasteiger partial charge in [-0.15, -0.1) is 0 Å². The average molecular weight is 320 g/mol. The van der Waals surface area contributed by atoms with E-state index in [1.165, 1.54) is 7.11 Å². The molecule has 5 heteroatoms. The van der Waals surface area contributed by atoms with Crippen LogP contribution in [0.15, 0.2) is 12.2 Å². The summed E-state index contributed by atoms with van der Waals surface area (Å²) in [6.07, 6.45) is 1.13. The molecule has 0 aromatic rings. The van der Waals surface area contributed by atoms with Crippen LogP contribution in [0.2, 0.25) is 0 Å². The van der Waals surface area contributed by atoms with Crippen LogP contribution in [0.3, 0.4) is 0 Å². The molecule has 22 heavy (non-hydrogen) atoms. The lowest BCUT2D eigenvalue weighted by atomic mass is 9.70. The number of hydrogen-bond donors (Lipinski definition) is 0. The molecule has 2 aliphatic rings. The lowest BCUT2D eigenvalue weighted by molar-refractivity contribution is -0.0902. The topological polar surface area (TPSA) is 18.5 Å². The van der Waals surface area contributed by atoms with E-state index in [4.69, 9.17) is 9.47 Å². The highest BCUT2D eigenvalue weighted by Crippen LogP contribution is 2.43. The van der Waals surface area contributed by atoms with Gasteiger partial charge in [-0.2, -0.15) is 0 Å². The van der Waals surface area contributed by atoms with E-state index >= 15 is 0 Å². The zero-order valence-corrected chi connectivity index (χ0v) is 13.4. The number of ether oxygens (including phenoxy) is 2. The lowest BCUT2D eigenvalue weighted by Crippen LogP contribution is -2.48. The van der Waals surface area contributed by atoms with E-state index in [0.29, 0.717) is 25.9 Å². The Morgan fingerprint density at radius 3 is 2.36 bits per heavy atom. The molecule has 0 N–H and O–H groups in total. The Hall–Kier alpha value is -0.550. The molecule has 0 spiro atoms. The summed E-state index contributed by atoms with van der Waals surface area (Å²) in [6.45, 7) is 2.39. The SMILES string of the molecule is CC=CCOC1CCC(C2CCC(OC)C(F)C2F)C(F)C1. The van der Waals surface area contributed by atoms with E-state index in [1.807, 2.05) is 19.1 Å². The van der Waals surface area contributed by atoms with Crippen LogP contribution in [0.25, 0.3) is 0 Å². The molecule has 0 amide bonds. The highest BCUT2D eigenvalue weighted by molar-refractivity contribution is 4.96. The monoisotopic (exact) mass is 320 g/mol. The summed E-state index contributed by atoms with van der Waals surface area (Å²) in [5, 5.41) is 0. The summed E-state index contributed by atoms with van der Waals surface area (Å²) in [5.41, 5.74) is 0. The van der Waals surface area contributed by atoms with Crippen LogP contribution in [-0.4, -0.2) is 44.4 Å². The van der Waals surface area contributed by atoms with Crippen molar-refractivity contribution in [1.29, 1.82) is 0 Å². The molecule has 0 heterocycles. The first-order valence-electron chi connectivity index (χ1n) is 8.26. The minimum atomic E-state index is -1.64. The van der Waals surface area contributed by atoms with Crippen molar-refractivity contribution < 1.29 is 22.6 Å². The zero-order chi connectivity index (χ0) is 16.1. The van der Waals surface area contributed by atoms with Crippen LogP contribution >= 0.6 is 0 Å². The average Bonchev–Trinajstić information content (AvgIpc) is 2.51. The normalized spacial score (nSPS) is 43.6. The maximum atomic E-state index is 14.5. The fourth-order valence-electron chi connectivity index (χ4n) is 3.84. The fourth-order valence-corrected chi connectivity index (χ4v) is 3.84. The first-order chi connectivity index (χ1) is 10.6. The highest BCUT2D eigenvalue weighted by Gasteiger charge is 2.47. The van der Waals surface area contributed by atoms with Crippen molar-refractivity contribution >= 4 is 0 Å². The van der Waals surface area contributed by atoms with Crippen LogP contribution in [0.5, 0.6) is 0 Å². The van der Waals surface area contributed by atoms with Crippen LogP contribution in [0, 0.1) is 11.8 Å². The summed E-state index contributed by atoms with van der Waals surface area (Å²) in [5.74, 6) is -0.930. The molecule has 0 aliphatic heterocycles. The van der Waals surface area contributed by atoms with Crippen molar-refractivity contribution in [3.8, 4) is 0 Å². The van der Waals surface area contributed by atoms with Gasteiger partial charge in [0.05, 0.1) is 18.8 Å². The van der Waals surface area contributed by atoms with Crippen LogP contribution in [0.1, 0.15) is 39.0 Å². The van der Waals surface area contributed by atoms with Gasteiger partial charge < -0.3 is 9.47 Å². The van der Waals surface area contributed by atoms with Gasteiger partial charge in [-0.25, -0.2) is 13.2 Å². The number of halogens is 3. The summed E-state index contributed by atoms with van der Waals surface area (Å²) in [4.78, 5) is 0. The van der Waals surface area contributed by atoms with Gasteiger partial charge in [0, 0.05) is 13.5 Å². The van der Waals surface area contributed by atoms with Crippen molar-refractivity contribution in [3.05, 3.63) is 12.2 Å². The highest BCUT2D eigenvalue weighted by atomic mass is 19.2. The number of methoxy groups -OCH3 is 1. The predicted octanol–water partition coefficient (Wildman–Crippen LogP) is 4.19. The number of hydrogen-bond acceptors (Lipinski definition) is 2. The Kier molecular flexibility index (Phi) is 6.75. The first kappa shape index (κ1) is 17.8. The molecule has 0 aromatic carbocycles. The molecule has 2 saturated carbocycles. The van der Waals surface area contributed by atoms with Gasteiger partial charge in [0.25, 0.3) is 0 Å². The van der Waals surface area contributed by atoms with Crippen molar-refractivity contribution in [2.75, 3.05) is 13.7 Å². The van der Waals surface area contributed by atoms with E-state index in [2.05, 4.69) is 0 Å². The molecule has 0 radical (unpaired) electrons. The predicted molar refractivity (Wildman–Crippen MR) is 80.1 cm³/mol. The Bertz CT molecular complexity index is 364. The fraction of sp³-hybridized carbons (Fsp3) is 0.882. The maximum Gasteiger partial charge on any atom is 0.157 e. The molecule has 2 nitrogen and oxygen atoms in total. The molecule has 2 rings (SSSR count). The Morgan fingerprint density at radius 1 is 1.00 bits per heavy atom. The molecule has 128 valence electrons. The van der Waals surface area contributed by atoms with E-state index in [0.717, 1.165) is 6.42 Å². The quantitative estimate of drug-likeness (QED) is 0.707. The van der Waals surface area contributed by atoms with Gasteiger partial charge in [-0.1, -0.05) is 12.2 Å². The number of allylic oxidation sites excluding steroid dienone is 1. The second kappa shape index (κ2) is 8.34. The lowest BCUT2D eigenvalue weighted by Gasteiger charge is -2.42. The van der Waals surface area contributed by atoms with E-state index in [1.54, 1.807) is 0 Å². The van der Waals surface area contributed by atoms with Crippen molar-refractivity contribution in [2.45, 2.75) is 69.8 Å². The van der Waals surface area contributed by atoms with Gasteiger partial charge >= 0.3 is 0 Å². The second-order valence-corrected chi connectivity index (χ2v) is 6.42. The summed E-state index contributed by atoms with van der Waals surface area (Å²) in [6, 6.07) is 0. The molecular weight excluding hydrogens is 293 g/mol. The minimum Gasteiger partial charge on any atom is -0.378 e. The van der Waals surface area contributed by atoms with E-state index in [9.17, 15) is 13.2 Å². The number of alkyl halides is 3. The van der Waals surface area contributed by atoms with Crippen LogP contribution in [-0.2, 0) is 9.47 Å². The van der Waals surface area contributed by atoms with E-state index < -0.39 is 36.5 Å². The smallest absolute Gasteiger partial charge is 0.157 e. The third kappa shape index (κ3) is 4.05. The number of rotatable bonds is 5. The second-order valence-electron chi connectivity index (χ2n) is 6.42. The molecule has 0 saturated heterocycles. The molecule has 2 aliphatic carbocycles. The van der Waals surface area contributed by atoms with Crippen molar-refractivity contribution in [1.82, 2.24) is 0 Å². The maximum absolute atomic E-state index is 14.5. The summed E-state index contributed by atoms with van der Waals surface area (Å²) >= 11 is 0. The molecule has 2 fully saturated rings. The Morgan fingerprint density at radius 2 is 1.73 bits per heavy atom. The molecule has 7 atom stereocenters. The molecule has 0 aromatic heterocycles. The van der Waals surface area contributed by atoms with E-state index in [-0.39, 0.29) is 12.5 Å². The molecular formula is C17H27F3O2. The van der Waals surface area contributed by atoms with Gasteiger partial charge in [-0.05, 0) is 44.4 Å². The Balaban J connectivity index is 1.88. The van der Waals surface area contributed by atoms with Crippen molar-refractivity contribution in [3.63, 3.8) is 0 Å². The summed E-state index contributed by atoms with van der Waals surface area (Å²) < 4.78 is 53.3. The van der Waals surface area contributed by atoms with Gasteiger partial charge in [0.2, 0.25) is 0 Å². The van der Waals surface area contributed by atoms with Crippen molar-refractivity contribution in [2.24, 2.45) is 11.8 Å². The Labute approximate surface area is 131 Å². The largest absolute Gasteiger partial charge is 0.378 e. The third-order valence-corrected chi connectivity index (χ3v) is 5.14. The minimum absolute atomic E-state index is 0.114. The molecule has 7 unspecified atom stereocenters. The third-order valence-electron chi connectivity index (χ3n) is 5.14. The summed E-state index contributed by atoms with van der Waals surface area (Å²) in [7, 11) is 1.40. The van der Waals surface area contributed by atoms with Gasteiger partial charge in [0.1, 0.15) is 12.3 Å². The molecule has 0 bridgehead atoms. The zero-order valence-electron chi connectivity index (χ0n) is 13.4. The van der Waals surface area contributed by atoms with Crippen LogP contribution in [0.4, 0.5) is 13.2 Å². The standard InChI is InChI=1S/C17H27F3O2/c1-3-4-9-22-11-5-6-12(14(18)10-11)13-7-8-15(21-2)17(20)16(13)19/h3-4,11-17H,5-10H2,1-2H3. The van der Waals surface area contributed by atoms with Crippen LogP contribution < -0.4 is 0 Å². The first-order valence-corrected chi connectivity index (χ1v) is 8.26. The van der Waals surface area contributed by atoms with Gasteiger partial charge in [0.15, 0.2) is 6.17 Å². The van der Waals surface area contributed by atoms with Gasteiger partial charge in [-0.3, -0.25) is 0 Å².